The second-order valence-corrected chi connectivity index (χ2v) is 7.46. The van der Waals surface area contributed by atoms with Gasteiger partial charge in [0.05, 0.1) is 12.3 Å². The summed E-state index contributed by atoms with van der Waals surface area (Å²) in [6.45, 7) is 5.83. The van der Waals surface area contributed by atoms with Gasteiger partial charge in [0.15, 0.2) is 0 Å². The zero-order valence-corrected chi connectivity index (χ0v) is 16.7. The number of rotatable bonds is 5. The van der Waals surface area contributed by atoms with Gasteiger partial charge in [-0.05, 0) is 49.9 Å². The third kappa shape index (κ3) is 3.68. The second kappa shape index (κ2) is 7.59. The predicted octanol–water partition coefficient (Wildman–Crippen LogP) is 4.97. The smallest absolute Gasteiger partial charge is 0.339 e. The lowest BCUT2D eigenvalue weighted by Gasteiger charge is -2.14. The minimum atomic E-state index is -0.401. The van der Waals surface area contributed by atoms with E-state index >= 15 is 0 Å². The lowest BCUT2D eigenvalue weighted by Crippen LogP contribution is -2.27. The average Bonchev–Trinajstić information content (AvgIpc) is 3.07. The molecule has 0 fully saturated rings. The number of furan rings is 1. The van der Waals surface area contributed by atoms with E-state index < -0.39 is 5.63 Å². The number of carbonyl (C=O) groups excluding carboxylic acids is 1. The van der Waals surface area contributed by atoms with E-state index in [1.807, 2.05) is 57.2 Å². The Morgan fingerprint density at radius 2 is 1.83 bits per heavy atom. The molecule has 1 atom stereocenters. The van der Waals surface area contributed by atoms with Crippen molar-refractivity contribution in [3.8, 4) is 0 Å². The Balaban J connectivity index is 1.56. The van der Waals surface area contributed by atoms with Crippen molar-refractivity contribution >= 4 is 27.8 Å². The maximum Gasteiger partial charge on any atom is 0.339 e. The highest BCUT2D eigenvalue weighted by atomic mass is 16.4. The molecular weight excluding hydrogens is 366 g/mol. The van der Waals surface area contributed by atoms with Crippen LogP contribution in [0.25, 0.3) is 21.9 Å². The van der Waals surface area contributed by atoms with Crippen molar-refractivity contribution in [1.29, 1.82) is 0 Å². The summed E-state index contributed by atoms with van der Waals surface area (Å²) in [4.78, 5) is 24.9. The molecule has 148 valence electrons. The van der Waals surface area contributed by atoms with Crippen LogP contribution >= 0.6 is 0 Å². The summed E-state index contributed by atoms with van der Waals surface area (Å²) < 4.78 is 11.0. The van der Waals surface area contributed by atoms with E-state index in [-0.39, 0.29) is 18.4 Å². The number of hydrogen-bond donors (Lipinski definition) is 1. The van der Waals surface area contributed by atoms with Gasteiger partial charge in [0, 0.05) is 28.8 Å². The van der Waals surface area contributed by atoms with Crippen LogP contribution < -0.4 is 10.9 Å². The lowest BCUT2D eigenvalue weighted by atomic mass is 10.0. The predicted molar refractivity (Wildman–Crippen MR) is 113 cm³/mol. The molecule has 2 aromatic carbocycles. The van der Waals surface area contributed by atoms with Crippen LogP contribution in [-0.2, 0) is 11.2 Å². The molecule has 0 aliphatic carbocycles. The van der Waals surface area contributed by atoms with E-state index in [0.717, 1.165) is 27.5 Å². The van der Waals surface area contributed by atoms with E-state index in [9.17, 15) is 9.59 Å². The van der Waals surface area contributed by atoms with Crippen molar-refractivity contribution in [2.24, 2.45) is 0 Å². The maximum absolute atomic E-state index is 12.5. The summed E-state index contributed by atoms with van der Waals surface area (Å²) in [5.41, 5.74) is 4.26. The molecule has 2 aromatic heterocycles. The van der Waals surface area contributed by atoms with Gasteiger partial charge >= 0.3 is 5.63 Å². The fraction of sp³-hybridized carbons (Fsp3) is 0.250. The van der Waals surface area contributed by atoms with Gasteiger partial charge in [-0.2, -0.15) is 0 Å². The van der Waals surface area contributed by atoms with Crippen LogP contribution in [-0.4, -0.2) is 5.91 Å². The summed E-state index contributed by atoms with van der Waals surface area (Å²) in [6, 6.07) is 13.4. The van der Waals surface area contributed by atoms with Crippen molar-refractivity contribution in [2.75, 3.05) is 0 Å². The fourth-order valence-electron chi connectivity index (χ4n) is 3.70. The first kappa shape index (κ1) is 19.0. The van der Waals surface area contributed by atoms with Crippen molar-refractivity contribution in [1.82, 2.24) is 5.32 Å². The molecule has 4 aromatic rings. The Morgan fingerprint density at radius 1 is 1.07 bits per heavy atom. The van der Waals surface area contributed by atoms with E-state index in [1.165, 1.54) is 0 Å². The Hall–Kier alpha value is -3.34. The SMILES string of the molecule is Cc1coc2cc3oc(=O)c(CCC(=O)NC(C)c4ccccc4)c(C)c3cc12. The van der Waals surface area contributed by atoms with Gasteiger partial charge < -0.3 is 14.2 Å². The molecule has 0 bridgehead atoms. The number of carbonyl (C=O) groups is 1. The van der Waals surface area contributed by atoms with Crippen LogP contribution in [0.15, 0.2) is 62.4 Å². The molecule has 5 nitrogen and oxygen atoms in total. The molecule has 5 heteroatoms. The first-order valence-corrected chi connectivity index (χ1v) is 9.72. The van der Waals surface area contributed by atoms with E-state index in [4.69, 9.17) is 8.83 Å². The zero-order valence-electron chi connectivity index (χ0n) is 16.7. The summed E-state index contributed by atoms with van der Waals surface area (Å²) in [5, 5.41) is 4.85. The molecule has 1 unspecified atom stereocenters. The third-order valence-electron chi connectivity index (χ3n) is 5.45. The van der Waals surface area contributed by atoms with Crippen molar-refractivity contribution < 1.29 is 13.6 Å². The quantitative estimate of drug-likeness (QED) is 0.489. The van der Waals surface area contributed by atoms with E-state index in [0.29, 0.717) is 23.2 Å². The Bertz CT molecular complexity index is 1250. The number of fused-ring (bicyclic) bond motifs is 2. The van der Waals surface area contributed by atoms with Crippen LogP contribution in [0.5, 0.6) is 0 Å². The van der Waals surface area contributed by atoms with Gasteiger partial charge in [0.2, 0.25) is 5.91 Å². The third-order valence-corrected chi connectivity index (χ3v) is 5.45. The molecule has 1 amide bonds. The molecule has 0 aliphatic heterocycles. The van der Waals surface area contributed by atoms with Gasteiger partial charge in [-0.1, -0.05) is 30.3 Å². The Kier molecular flexibility index (Phi) is 4.97. The summed E-state index contributed by atoms with van der Waals surface area (Å²) in [5.74, 6) is -0.0959. The normalized spacial score (nSPS) is 12.4. The van der Waals surface area contributed by atoms with Crippen LogP contribution in [0.1, 0.15) is 41.6 Å². The molecule has 0 saturated heterocycles. The maximum atomic E-state index is 12.5. The van der Waals surface area contributed by atoms with Gasteiger partial charge in [0.1, 0.15) is 11.2 Å². The highest BCUT2D eigenvalue weighted by molar-refractivity contribution is 5.96. The zero-order chi connectivity index (χ0) is 20.5. The molecule has 0 spiro atoms. The first-order valence-electron chi connectivity index (χ1n) is 9.72. The molecule has 1 N–H and O–H groups in total. The summed E-state index contributed by atoms with van der Waals surface area (Å²) >= 11 is 0. The molecule has 0 aliphatic rings. The van der Waals surface area contributed by atoms with Gasteiger partial charge in [-0.3, -0.25) is 4.79 Å². The second-order valence-electron chi connectivity index (χ2n) is 7.46. The molecule has 0 radical (unpaired) electrons. The monoisotopic (exact) mass is 389 g/mol. The van der Waals surface area contributed by atoms with Crippen molar-refractivity contribution in [3.05, 3.63) is 81.4 Å². The summed E-state index contributed by atoms with van der Waals surface area (Å²) in [6.07, 6.45) is 2.25. The minimum absolute atomic E-state index is 0.0878. The first-order chi connectivity index (χ1) is 13.9. The largest absolute Gasteiger partial charge is 0.464 e. The van der Waals surface area contributed by atoms with Crippen LogP contribution in [0.3, 0.4) is 0 Å². The van der Waals surface area contributed by atoms with E-state index in [2.05, 4.69) is 5.32 Å². The molecule has 29 heavy (non-hydrogen) atoms. The van der Waals surface area contributed by atoms with Crippen molar-refractivity contribution in [3.63, 3.8) is 0 Å². The van der Waals surface area contributed by atoms with Crippen LogP contribution in [0.2, 0.25) is 0 Å². The van der Waals surface area contributed by atoms with Crippen LogP contribution in [0.4, 0.5) is 0 Å². The summed E-state index contributed by atoms with van der Waals surface area (Å²) in [7, 11) is 0. The number of nitrogens with one attached hydrogen (secondary N) is 1. The average molecular weight is 389 g/mol. The topological polar surface area (TPSA) is 72.5 Å². The minimum Gasteiger partial charge on any atom is -0.464 e. The number of benzene rings is 2. The standard InChI is InChI=1S/C24H23NO4/c1-14-13-28-21-12-22-20(11-19(14)21)15(2)18(24(27)29-22)9-10-23(26)25-16(3)17-7-5-4-6-8-17/h4-8,11-13,16H,9-10H2,1-3H3,(H,25,26). The Morgan fingerprint density at radius 3 is 2.59 bits per heavy atom. The molecular formula is C24H23NO4. The Labute approximate surface area is 168 Å². The fourth-order valence-corrected chi connectivity index (χ4v) is 3.70. The number of aryl methyl sites for hydroxylation is 2. The van der Waals surface area contributed by atoms with Crippen molar-refractivity contribution in [2.45, 2.75) is 39.7 Å². The van der Waals surface area contributed by atoms with Gasteiger partial charge in [0.25, 0.3) is 0 Å². The molecule has 4 rings (SSSR count). The lowest BCUT2D eigenvalue weighted by molar-refractivity contribution is -0.121. The van der Waals surface area contributed by atoms with Crippen LogP contribution in [0, 0.1) is 13.8 Å². The highest BCUT2D eigenvalue weighted by Gasteiger charge is 2.16. The van der Waals surface area contributed by atoms with E-state index in [1.54, 1.807) is 12.3 Å². The molecule has 2 heterocycles. The number of hydrogen-bond acceptors (Lipinski definition) is 4. The van der Waals surface area contributed by atoms with Gasteiger partial charge in [-0.15, -0.1) is 0 Å². The molecule has 0 saturated carbocycles. The highest BCUT2D eigenvalue weighted by Crippen LogP contribution is 2.29. The van der Waals surface area contributed by atoms with Gasteiger partial charge in [-0.25, -0.2) is 4.79 Å². The number of amides is 1.